The zero-order valence-corrected chi connectivity index (χ0v) is 7.31. The topological polar surface area (TPSA) is 61.1 Å². The standard InChI is InChI=1S/C8H7NO2S/c1-2-6-5(4-9)3-7(12-6)8(10)11/h3H,2H2,1H3,(H,10,11). The molecule has 0 aromatic carbocycles. The maximum absolute atomic E-state index is 10.5. The van der Waals surface area contributed by atoms with Crippen LogP contribution in [0.4, 0.5) is 0 Å². The molecule has 1 N–H and O–H groups in total. The summed E-state index contributed by atoms with van der Waals surface area (Å²) in [5.41, 5.74) is 0.486. The molecule has 1 heterocycles. The quantitative estimate of drug-likeness (QED) is 0.757. The Kier molecular flexibility index (Phi) is 2.46. The van der Waals surface area contributed by atoms with Crippen molar-refractivity contribution >= 4 is 17.3 Å². The number of aryl methyl sites for hydroxylation is 1. The minimum absolute atomic E-state index is 0.239. The Morgan fingerprint density at radius 2 is 2.50 bits per heavy atom. The fourth-order valence-corrected chi connectivity index (χ4v) is 1.78. The lowest BCUT2D eigenvalue weighted by Crippen LogP contribution is -1.89. The predicted octanol–water partition coefficient (Wildman–Crippen LogP) is 1.88. The highest BCUT2D eigenvalue weighted by Crippen LogP contribution is 2.22. The molecule has 0 amide bonds. The Morgan fingerprint density at radius 3 is 2.83 bits per heavy atom. The van der Waals surface area contributed by atoms with Crippen molar-refractivity contribution in [2.24, 2.45) is 0 Å². The van der Waals surface area contributed by atoms with Gasteiger partial charge >= 0.3 is 5.97 Å². The Bertz CT molecular complexity index is 348. The van der Waals surface area contributed by atoms with E-state index in [0.717, 1.165) is 4.88 Å². The van der Waals surface area contributed by atoms with Gasteiger partial charge < -0.3 is 5.11 Å². The third-order valence-corrected chi connectivity index (χ3v) is 2.73. The monoisotopic (exact) mass is 181 g/mol. The molecule has 3 nitrogen and oxygen atoms in total. The van der Waals surface area contributed by atoms with Gasteiger partial charge in [0, 0.05) is 4.88 Å². The summed E-state index contributed by atoms with van der Waals surface area (Å²) in [5.74, 6) is -0.962. The van der Waals surface area contributed by atoms with E-state index in [4.69, 9.17) is 10.4 Å². The van der Waals surface area contributed by atoms with E-state index < -0.39 is 5.97 Å². The van der Waals surface area contributed by atoms with E-state index in [1.807, 2.05) is 13.0 Å². The van der Waals surface area contributed by atoms with Gasteiger partial charge in [-0.05, 0) is 12.5 Å². The van der Waals surface area contributed by atoms with Crippen LogP contribution in [0.15, 0.2) is 6.07 Å². The molecule has 12 heavy (non-hydrogen) atoms. The zero-order chi connectivity index (χ0) is 9.14. The SMILES string of the molecule is CCc1sc(C(=O)O)cc1C#N. The average molecular weight is 181 g/mol. The summed E-state index contributed by atoms with van der Waals surface area (Å²) < 4.78 is 0. The van der Waals surface area contributed by atoms with E-state index in [1.165, 1.54) is 17.4 Å². The van der Waals surface area contributed by atoms with Crippen LogP contribution in [-0.2, 0) is 6.42 Å². The smallest absolute Gasteiger partial charge is 0.345 e. The van der Waals surface area contributed by atoms with Gasteiger partial charge in [0.15, 0.2) is 0 Å². The first-order valence-corrected chi connectivity index (χ1v) is 4.26. The van der Waals surface area contributed by atoms with Crippen molar-refractivity contribution in [1.29, 1.82) is 5.26 Å². The van der Waals surface area contributed by atoms with Crippen molar-refractivity contribution < 1.29 is 9.90 Å². The van der Waals surface area contributed by atoms with E-state index in [2.05, 4.69) is 0 Å². The normalized spacial score (nSPS) is 9.33. The van der Waals surface area contributed by atoms with Gasteiger partial charge in [0.2, 0.25) is 0 Å². The number of nitriles is 1. The number of aromatic carboxylic acids is 1. The lowest BCUT2D eigenvalue weighted by molar-refractivity contribution is 0.0702. The second-order valence-electron chi connectivity index (χ2n) is 2.22. The zero-order valence-electron chi connectivity index (χ0n) is 6.50. The van der Waals surface area contributed by atoms with Crippen LogP contribution in [0.25, 0.3) is 0 Å². The molecule has 62 valence electrons. The van der Waals surface area contributed by atoms with Crippen molar-refractivity contribution in [2.75, 3.05) is 0 Å². The number of carbonyl (C=O) groups is 1. The first-order chi connectivity index (χ1) is 5.69. The van der Waals surface area contributed by atoms with E-state index in [1.54, 1.807) is 0 Å². The van der Waals surface area contributed by atoms with Crippen molar-refractivity contribution in [1.82, 2.24) is 0 Å². The molecule has 0 unspecified atom stereocenters. The summed E-state index contributed by atoms with van der Waals surface area (Å²) in [6, 6.07) is 3.39. The van der Waals surface area contributed by atoms with Crippen LogP contribution < -0.4 is 0 Å². The van der Waals surface area contributed by atoms with E-state index in [0.29, 0.717) is 12.0 Å². The molecule has 0 radical (unpaired) electrons. The van der Waals surface area contributed by atoms with Gasteiger partial charge in [0.05, 0.1) is 5.56 Å². The minimum Gasteiger partial charge on any atom is -0.477 e. The van der Waals surface area contributed by atoms with E-state index in [-0.39, 0.29) is 4.88 Å². The van der Waals surface area contributed by atoms with Gasteiger partial charge in [0.25, 0.3) is 0 Å². The summed E-state index contributed by atoms with van der Waals surface area (Å²) in [6.45, 7) is 1.90. The molecular weight excluding hydrogens is 174 g/mol. The predicted molar refractivity (Wildman–Crippen MR) is 45.4 cm³/mol. The molecule has 1 rings (SSSR count). The van der Waals surface area contributed by atoms with Gasteiger partial charge in [-0.25, -0.2) is 4.79 Å². The Labute approximate surface area is 73.9 Å². The van der Waals surface area contributed by atoms with Crippen LogP contribution in [0.5, 0.6) is 0 Å². The second-order valence-corrected chi connectivity index (χ2v) is 3.35. The molecule has 0 spiro atoms. The van der Waals surface area contributed by atoms with Crippen LogP contribution >= 0.6 is 11.3 Å². The Balaban J connectivity index is 3.16. The molecular formula is C8H7NO2S. The molecule has 0 atom stereocenters. The van der Waals surface area contributed by atoms with Crippen LogP contribution in [0.3, 0.4) is 0 Å². The summed E-state index contributed by atoms with van der Waals surface area (Å²) in [5, 5.41) is 17.2. The minimum atomic E-state index is -0.962. The first-order valence-electron chi connectivity index (χ1n) is 3.45. The van der Waals surface area contributed by atoms with Crippen molar-refractivity contribution in [3.8, 4) is 6.07 Å². The molecule has 0 bridgehead atoms. The largest absolute Gasteiger partial charge is 0.477 e. The third-order valence-electron chi connectivity index (χ3n) is 1.46. The maximum Gasteiger partial charge on any atom is 0.345 e. The summed E-state index contributed by atoms with van der Waals surface area (Å²) in [6.07, 6.45) is 0.709. The number of hydrogen-bond donors (Lipinski definition) is 1. The van der Waals surface area contributed by atoms with Gasteiger partial charge in [-0.2, -0.15) is 5.26 Å². The van der Waals surface area contributed by atoms with Gasteiger partial charge in [-0.15, -0.1) is 11.3 Å². The maximum atomic E-state index is 10.5. The fraction of sp³-hybridized carbons (Fsp3) is 0.250. The number of carboxylic acids is 1. The highest BCUT2D eigenvalue weighted by Gasteiger charge is 2.11. The molecule has 4 heteroatoms. The molecule has 0 saturated carbocycles. The molecule has 0 aliphatic carbocycles. The number of thiophene rings is 1. The molecule has 1 aromatic rings. The van der Waals surface area contributed by atoms with Crippen LogP contribution in [0.2, 0.25) is 0 Å². The van der Waals surface area contributed by atoms with Crippen LogP contribution in [0, 0.1) is 11.3 Å². The number of nitrogens with zero attached hydrogens (tertiary/aromatic N) is 1. The molecule has 0 aliphatic rings. The summed E-state index contributed by atoms with van der Waals surface area (Å²) >= 11 is 1.17. The highest BCUT2D eigenvalue weighted by atomic mass is 32.1. The fourth-order valence-electron chi connectivity index (χ4n) is 0.891. The molecule has 0 aliphatic heterocycles. The van der Waals surface area contributed by atoms with Crippen LogP contribution in [-0.4, -0.2) is 11.1 Å². The molecule has 0 saturated heterocycles. The van der Waals surface area contributed by atoms with Gasteiger partial charge in [0.1, 0.15) is 10.9 Å². The van der Waals surface area contributed by atoms with Crippen molar-refractivity contribution in [3.63, 3.8) is 0 Å². The van der Waals surface area contributed by atoms with Gasteiger partial charge in [-0.1, -0.05) is 6.92 Å². The summed E-state index contributed by atoms with van der Waals surface area (Å²) in [7, 11) is 0. The van der Waals surface area contributed by atoms with Crippen molar-refractivity contribution in [3.05, 3.63) is 21.4 Å². The van der Waals surface area contributed by atoms with Gasteiger partial charge in [-0.3, -0.25) is 0 Å². The van der Waals surface area contributed by atoms with Crippen LogP contribution in [0.1, 0.15) is 27.0 Å². The number of rotatable bonds is 2. The molecule has 0 fully saturated rings. The number of carboxylic acid groups (broad SMARTS) is 1. The summed E-state index contributed by atoms with van der Waals surface area (Å²) in [4.78, 5) is 11.6. The van der Waals surface area contributed by atoms with E-state index in [9.17, 15) is 4.79 Å². The first kappa shape index (κ1) is 8.75. The Hall–Kier alpha value is -1.34. The average Bonchev–Trinajstić information content (AvgIpc) is 2.46. The third kappa shape index (κ3) is 1.46. The highest BCUT2D eigenvalue weighted by molar-refractivity contribution is 7.14. The van der Waals surface area contributed by atoms with Crippen molar-refractivity contribution in [2.45, 2.75) is 13.3 Å². The lowest BCUT2D eigenvalue weighted by atomic mass is 10.2. The van der Waals surface area contributed by atoms with E-state index >= 15 is 0 Å². The lowest BCUT2D eigenvalue weighted by Gasteiger charge is -1.85. The molecule has 1 aromatic heterocycles. The second kappa shape index (κ2) is 3.37. The number of hydrogen-bond acceptors (Lipinski definition) is 3. The Morgan fingerprint density at radius 1 is 1.83 bits per heavy atom.